The first-order valence-electron chi connectivity index (χ1n) is 5.90. The number of hydrogen-bond acceptors (Lipinski definition) is 3. The van der Waals surface area contributed by atoms with Gasteiger partial charge in [0.25, 0.3) is 0 Å². The second-order valence-corrected chi connectivity index (χ2v) is 5.55. The fourth-order valence-electron chi connectivity index (χ4n) is 1.82. The molecule has 0 aliphatic carbocycles. The number of nitrogen functional groups attached to an aromatic ring is 1. The topological polar surface area (TPSA) is 38.9 Å². The lowest BCUT2D eigenvalue weighted by molar-refractivity contribution is 0.628. The van der Waals surface area contributed by atoms with Crippen LogP contribution in [0.25, 0.3) is 21.8 Å². The molecule has 0 aliphatic heterocycles. The van der Waals surface area contributed by atoms with Crippen molar-refractivity contribution in [3.63, 3.8) is 0 Å². The summed E-state index contributed by atoms with van der Waals surface area (Å²) in [5.74, 6) is -0.425. The van der Waals surface area contributed by atoms with Crippen molar-refractivity contribution in [3.05, 3.63) is 58.7 Å². The fraction of sp³-hybridized carbons (Fsp3) is 0. The van der Waals surface area contributed by atoms with Crippen molar-refractivity contribution < 1.29 is 4.39 Å². The molecular weight excluding hydrogens is 295 g/mol. The van der Waals surface area contributed by atoms with Crippen LogP contribution in [0.1, 0.15) is 0 Å². The van der Waals surface area contributed by atoms with Gasteiger partial charge in [0, 0.05) is 22.2 Å². The summed E-state index contributed by atoms with van der Waals surface area (Å²) in [6.45, 7) is 0. The Morgan fingerprint density at radius 3 is 2.45 bits per heavy atom. The maximum atomic E-state index is 13.2. The summed E-state index contributed by atoms with van der Waals surface area (Å²) < 4.78 is 13.2. The van der Waals surface area contributed by atoms with Crippen molar-refractivity contribution in [3.8, 4) is 21.8 Å². The minimum atomic E-state index is -0.425. The molecule has 2 N–H and O–H groups in total. The summed E-state index contributed by atoms with van der Waals surface area (Å²) in [6.07, 6.45) is 0. The van der Waals surface area contributed by atoms with Crippen molar-refractivity contribution >= 4 is 28.6 Å². The monoisotopic (exact) mass is 304 g/mol. The molecule has 5 heteroatoms. The van der Waals surface area contributed by atoms with Crippen LogP contribution in [-0.4, -0.2) is 4.98 Å². The van der Waals surface area contributed by atoms with Crippen LogP contribution in [0.4, 0.5) is 10.1 Å². The molecule has 1 heterocycles. The highest BCUT2D eigenvalue weighted by molar-refractivity contribution is 7.13. The van der Waals surface area contributed by atoms with Crippen LogP contribution in [0.2, 0.25) is 5.02 Å². The lowest BCUT2D eigenvalue weighted by Gasteiger charge is -1.99. The quantitative estimate of drug-likeness (QED) is 0.687. The van der Waals surface area contributed by atoms with Crippen LogP contribution in [-0.2, 0) is 0 Å². The molecule has 100 valence electrons. The maximum Gasteiger partial charge on any atom is 0.141 e. The Balaban J connectivity index is 1.97. The Morgan fingerprint density at radius 1 is 1.05 bits per heavy atom. The number of rotatable bonds is 2. The summed E-state index contributed by atoms with van der Waals surface area (Å²) in [4.78, 5) is 4.55. The van der Waals surface area contributed by atoms with Gasteiger partial charge in [-0.25, -0.2) is 9.37 Å². The van der Waals surface area contributed by atoms with Crippen LogP contribution in [0.5, 0.6) is 0 Å². The van der Waals surface area contributed by atoms with Gasteiger partial charge in [-0.15, -0.1) is 11.3 Å². The van der Waals surface area contributed by atoms with Gasteiger partial charge in [0.05, 0.1) is 10.7 Å². The summed E-state index contributed by atoms with van der Waals surface area (Å²) in [5.41, 5.74) is 9.05. The molecule has 1 aromatic heterocycles. The highest BCUT2D eigenvalue weighted by atomic mass is 35.5. The van der Waals surface area contributed by atoms with Crippen LogP contribution in [0, 0.1) is 5.82 Å². The Hall–Kier alpha value is -1.91. The third-order valence-electron chi connectivity index (χ3n) is 2.88. The predicted octanol–water partition coefficient (Wildman–Crippen LogP) is 4.85. The smallest absolute Gasteiger partial charge is 0.141 e. The molecule has 0 bridgehead atoms. The van der Waals surface area contributed by atoms with E-state index in [9.17, 15) is 4.39 Å². The van der Waals surface area contributed by atoms with E-state index in [1.807, 2.05) is 29.6 Å². The first kappa shape index (κ1) is 13.1. The van der Waals surface area contributed by atoms with Crippen LogP contribution >= 0.6 is 22.9 Å². The molecular formula is C15H10ClFN2S. The number of anilines is 1. The van der Waals surface area contributed by atoms with Crippen molar-refractivity contribution in [2.75, 3.05) is 5.73 Å². The number of hydrogen-bond donors (Lipinski definition) is 1. The van der Waals surface area contributed by atoms with Gasteiger partial charge < -0.3 is 5.73 Å². The van der Waals surface area contributed by atoms with E-state index < -0.39 is 5.82 Å². The normalized spacial score (nSPS) is 10.7. The van der Waals surface area contributed by atoms with E-state index in [1.54, 1.807) is 12.1 Å². The highest BCUT2D eigenvalue weighted by Crippen LogP contribution is 2.31. The van der Waals surface area contributed by atoms with Gasteiger partial charge in [-0.3, -0.25) is 0 Å². The molecule has 20 heavy (non-hydrogen) atoms. The number of halogens is 2. The first-order valence-corrected chi connectivity index (χ1v) is 7.16. The van der Waals surface area contributed by atoms with Gasteiger partial charge in [0.15, 0.2) is 0 Å². The molecule has 3 rings (SSSR count). The fourth-order valence-corrected chi connectivity index (χ4v) is 2.83. The lowest BCUT2D eigenvalue weighted by Crippen LogP contribution is -1.84. The summed E-state index contributed by atoms with van der Waals surface area (Å²) in [5, 5.41) is 2.86. The van der Waals surface area contributed by atoms with E-state index >= 15 is 0 Å². The van der Waals surface area contributed by atoms with Crippen molar-refractivity contribution in [1.82, 2.24) is 4.98 Å². The Morgan fingerprint density at radius 2 is 1.75 bits per heavy atom. The molecule has 0 saturated heterocycles. The molecule has 0 aliphatic rings. The van der Waals surface area contributed by atoms with E-state index in [-0.39, 0.29) is 5.02 Å². The number of benzene rings is 2. The van der Waals surface area contributed by atoms with Gasteiger partial charge in [0.1, 0.15) is 10.8 Å². The zero-order chi connectivity index (χ0) is 14.1. The Labute approximate surface area is 124 Å². The first-order chi connectivity index (χ1) is 9.63. The number of nitrogens with two attached hydrogens (primary N) is 1. The molecule has 0 saturated carbocycles. The average Bonchev–Trinajstić information content (AvgIpc) is 2.92. The van der Waals surface area contributed by atoms with E-state index in [1.165, 1.54) is 17.4 Å². The average molecular weight is 305 g/mol. The van der Waals surface area contributed by atoms with Gasteiger partial charge >= 0.3 is 0 Å². The zero-order valence-electron chi connectivity index (χ0n) is 10.3. The van der Waals surface area contributed by atoms with Crippen molar-refractivity contribution in [1.29, 1.82) is 0 Å². The number of aromatic nitrogens is 1. The summed E-state index contributed by atoms with van der Waals surface area (Å²) in [6, 6.07) is 12.1. The van der Waals surface area contributed by atoms with Crippen molar-refractivity contribution in [2.24, 2.45) is 0 Å². The molecule has 2 nitrogen and oxygen atoms in total. The van der Waals surface area contributed by atoms with Gasteiger partial charge in [0.2, 0.25) is 0 Å². The zero-order valence-corrected chi connectivity index (χ0v) is 11.9. The van der Waals surface area contributed by atoms with E-state index in [2.05, 4.69) is 4.98 Å². The van der Waals surface area contributed by atoms with Crippen LogP contribution in [0.15, 0.2) is 47.8 Å². The summed E-state index contributed by atoms with van der Waals surface area (Å²) in [7, 11) is 0. The molecule has 2 aromatic carbocycles. The lowest BCUT2D eigenvalue weighted by atomic mass is 10.1. The second kappa shape index (κ2) is 5.23. The minimum Gasteiger partial charge on any atom is -0.399 e. The maximum absolute atomic E-state index is 13.2. The second-order valence-electron chi connectivity index (χ2n) is 4.29. The molecule has 0 radical (unpaired) electrons. The number of thiazole rings is 1. The van der Waals surface area contributed by atoms with Gasteiger partial charge in [-0.05, 0) is 30.3 Å². The van der Waals surface area contributed by atoms with E-state index in [0.29, 0.717) is 0 Å². The Bertz CT molecular complexity index is 753. The third-order valence-corrected chi connectivity index (χ3v) is 4.06. The van der Waals surface area contributed by atoms with Crippen LogP contribution in [0.3, 0.4) is 0 Å². The van der Waals surface area contributed by atoms with Crippen molar-refractivity contribution in [2.45, 2.75) is 0 Å². The molecule has 0 unspecified atom stereocenters. The standard InChI is InChI=1S/C15H10ClFN2S/c16-12-7-10(3-6-13(12)17)15-19-14(8-20-15)9-1-4-11(18)5-2-9/h1-8H,18H2. The van der Waals surface area contributed by atoms with Gasteiger partial charge in [-0.2, -0.15) is 0 Å². The molecule has 3 aromatic rings. The summed E-state index contributed by atoms with van der Waals surface area (Å²) >= 11 is 7.29. The molecule has 0 amide bonds. The molecule has 0 atom stereocenters. The van der Waals surface area contributed by atoms with E-state index in [0.717, 1.165) is 27.5 Å². The molecule has 0 fully saturated rings. The Kier molecular flexibility index (Phi) is 3.42. The highest BCUT2D eigenvalue weighted by Gasteiger charge is 2.08. The SMILES string of the molecule is Nc1ccc(-c2csc(-c3ccc(F)c(Cl)c3)n2)cc1. The van der Waals surface area contributed by atoms with E-state index in [4.69, 9.17) is 17.3 Å². The minimum absolute atomic E-state index is 0.103. The third kappa shape index (κ3) is 2.53. The van der Waals surface area contributed by atoms with Crippen LogP contribution < -0.4 is 5.73 Å². The number of nitrogens with zero attached hydrogens (tertiary/aromatic N) is 1. The molecule has 0 spiro atoms. The predicted molar refractivity (Wildman–Crippen MR) is 82.4 cm³/mol. The largest absolute Gasteiger partial charge is 0.399 e. The van der Waals surface area contributed by atoms with Gasteiger partial charge in [-0.1, -0.05) is 23.7 Å².